The second kappa shape index (κ2) is 8.62. The summed E-state index contributed by atoms with van der Waals surface area (Å²) in [6, 6.07) is 5.53. The molecule has 0 saturated carbocycles. The molecule has 0 unspecified atom stereocenters. The summed E-state index contributed by atoms with van der Waals surface area (Å²) in [6.45, 7) is 8.46. The van der Waals surface area contributed by atoms with Gasteiger partial charge in [0.1, 0.15) is 0 Å². The minimum atomic E-state index is -0.742. The fourth-order valence-corrected chi connectivity index (χ4v) is 2.46. The first-order valence-electron chi connectivity index (χ1n) is 8.45. The molecule has 2 amide bonds. The van der Waals surface area contributed by atoms with E-state index >= 15 is 0 Å². The predicted molar refractivity (Wildman–Crippen MR) is 94.4 cm³/mol. The van der Waals surface area contributed by atoms with Gasteiger partial charge in [-0.1, -0.05) is 48.3 Å². The summed E-state index contributed by atoms with van der Waals surface area (Å²) in [7, 11) is 0. The van der Waals surface area contributed by atoms with Crippen LogP contribution in [0.5, 0.6) is 0 Å². The van der Waals surface area contributed by atoms with Gasteiger partial charge in [0.15, 0.2) is 5.82 Å². The van der Waals surface area contributed by atoms with Crippen LogP contribution in [-0.2, 0) is 6.42 Å². The van der Waals surface area contributed by atoms with Crippen LogP contribution in [0.25, 0.3) is 0 Å². The number of aromatic nitrogens is 2. The molecule has 0 aliphatic heterocycles. The molecule has 25 heavy (non-hydrogen) atoms. The van der Waals surface area contributed by atoms with Gasteiger partial charge in [0.25, 0.3) is 0 Å². The highest BCUT2D eigenvalue weighted by Crippen LogP contribution is 2.16. The molecule has 7 nitrogen and oxygen atoms in total. The molecule has 0 fully saturated rings. The van der Waals surface area contributed by atoms with E-state index in [2.05, 4.69) is 20.8 Å². The molecule has 7 heteroatoms. The lowest BCUT2D eigenvalue weighted by atomic mass is 10.0. The third-order valence-electron chi connectivity index (χ3n) is 3.71. The molecule has 2 rings (SSSR count). The van der Waals surface area contributed by atoms with Crippen LogP contribution in [0, 0.1) is 13.8 Å². The zero-order chi connectivity index (χ0) is 18.4. The first-order valence-corrected chi connectivity index (χ1v) is 8.45. The predicted octanol–water partition coefficient (Wildman–Crippen LogP) is 2.39. The van der Waals surface area contributed by atoms with E-state index in [1.165, 1.54) is 0 Å². The molecule has 0 saturated heterocycles. The van der Waals surface area contributed by atoms with Crippen molar-refractivity contribution < 1.29 is 14.4 Å². The summed E-state index contributed by atoms with van der Waals surface area (Å²) in [5.41, 5.74) is 2.96. The molecule has 1 aromatic heterocycles. The molecule has 0 radical (unpaired) electrons. The second-order valence-electron chi connectivity index (χ2n) is 6.52. The van der Waals surface area contributed by atoms with Gasteiger partial charge in [-0.2, -0.15) is 4.98 Å². The number of hydrogen-bond donors (Lipinski definition) is 3. The van der Waals surface area contributed by atoms with Gasteiger partial charge in [-0.3, -0.25) is 0 Å². The number of carbonyl (C=O) groups excluding carboxylic acids is 1. The largest absolute Gasteiger partial charge is 0.387 e. The third-order valence-corrected chi connectivity index (χ3v) is 3.71. The number of urea groups is 1. The number of amides is 2. The number of hydrogen-bond acceptors (Lipinski definition) is 5. The van der Waals surface area contributed by atoms with Crippen LogP contribution in [0.1, 0.15) is 54.3 Å². The van der Waals surface area contributed by atoms with Crippen LogP contribution >= 0.6 is 0 Å². The normalized spacial score (nSPS) is 12.2. The highest BCUT2D eigenvalue weighted by molar-refractivity contribution is 5.73. The monoisotopic (exact) mass is 346 g/mol. The Kier molecular flexibility index (Phi) is 6.52. The van der Waals surface area contributed by atoms with Crippen LogP contribution in [0.4, 0.5) is 4.79 Å². The Hall–Kier alpha value is -2.41. The summed E-state index contributed by atoms with van der Waals surface area (Å²) in [5.74, 6) is 1.37. The summed E-state index contributed by atoms with van der Waals surface area (Å²) in [5, 5.41) is 19.4. The number of aryl methyl sites for hydroxylation is 2. The van der Waals surface area contributed by atoms with Crippen LogP contribution in [0.2, 0.25) is 0 Å². The molecule has 0 aliphatic rings. The van der Waals surface area contributed by atoms with Crippen LogP contribution in [-0.4, -0.2) is 34.4 Å². The Morgan fingerprint density at radius 3 is 2.48 bits per heavy atom. The van der Waals surface area contributed by atoms with Crippen molar-refractivity contribution in [2.45, 2.75) is 46.1 Å². The number of nitrogens with zero attached hydrogens (tertiary/aromatic N) is 2. The topological polar surface area (TPSA) is 100 Å². The van der Waals surface area contributed by atoms with Crippen molar-refractivity contribution in [2.75, 3.05) is 13.1 Å². The standard InChI is InChI=1S/C18H26N4O3/c1-11(2)17-21-16(25-22-17)5-6-19-18(24)20-10-15(23)14-8-12(3)7-13(4)9-14/h7-9,11,15,23H,5-6,10H2,1-4H3,(H2,19,20,24)/t15-/m1/s1. The highest BCUT2D eigenvalue weighted by atomic mass is 16.5. The average molecular weight is 346 g/mol. The van der Waals surface area contributed by atoms with Gasteiger partial charge >= 0.3 is 6.03 Å². The van der Waals surface area contributed by atoms with Gasteiger partial charge in [-0.25, -0.2) is 4.79 Å². The van der Waals surface area contributed by atoms with Gasteiger partial charge in [-0.05, 0) is 19.4 Å². The van der Waals surface area contributed by atoms with Gasteiger partial charge < -0.3 is 20.3 Å². The number of benzene rings is 1. The lowest BCUT2D eigenvalue weighted by Crippen LogP contribution is -2.38. The van der Waals surface area contributed by atoms with Crippen molar-refractivity contribution in [1.82, 2.24) is 20.8 Å². The first-order chi connectivity index (χ1) is 11.8. The molecule has 0 bridgehead atoms. The fourth-order valence-electron chi connectivity index (χ4n) is 2.46. The smallest absolute Gasteiger partial charge is 0.314 e. The highest BCUT2D eigenvalue weighted by Gasteiger charge is 2.12. The molecule has 2 aromatic rings. The molecule has 0 spiro atoms. The van der Waals surface area contributed by atoms with Crippen LogP contribution in [0.15, 0.2) is 22.7 Å². The fraction of sp³-hybridized carbons (Fsp3) is 0.500. The van der Waals surface area contributed by atoms with E-state index in [-0.39, 0.29) is 18.5 Å². The quantitative estimate of drug-likeness (QED) is 0.715. The Balaban J connectivity index is 1.72. The van der Waals surface area contributed by atoms with Crippen molar-refractivity contribution in [2.24, 2.45) is 0 Å². The van der Waals surface area contributed by atoms with Gasteiger partial charge in [0, 0.05) is 25.4 Å². The van der Waals surface area contributed by atoms with E-state index in [0.717, 1.165) is 16.7 Å². The minimum absolute atomic E-state index is 0.146. The SMILES string of the molecule is Cc1cc(C)cc([C@H](O)CNC(=O)NCCc2nc(C(C)C)no2)c1. The Morgan fingerprint density at radius 1 is 1.20 bits per heavy atom. The van der Waals surface area contributed by atoms with Crippen molar-refractivity contribution in [3.05, 3.63) is 46.6 Å². The molecular formula is C18H26N4O3. The van der Waals surface area contributed by atoms with E-state index in [4.69, 9.17) is 4.52 Å². The summed E-state index contributed by atoms with van der Waals surface area (Å²) in [6.07, 6.45) is -0.277. The number of rotatable bonds is 7. The van der Waals surface area contributed by atoms with Gasteiger partial charge in [0.05, 0.1) is 6.10 Å². The maximum atomic E-state index is 11.8. The van der Waals surface area contributed by atoms with Crippen molar-refractivity contribution >= 4 is 6.03 Å². The third kappa shape index (κ3) is 5.86. The molecule has 3 N–H and O–H groups in total. The first kappa shape index (κ1) is 18.9. The van der Waals surface area contributed by atoms with E-state index in [1.807, 2.05) is 45.9 Å². The Labute approximate surface area is 147 Å². The maximum absolute atomic E-state index is 11.8. The number of aliphatic hydroxyl groups is 1. The minimum Gasteiger partial charge on any atom is -0.387 e. The summed E-state index contributed by atoms with van der Waals surface area (Å²) in [4.78, 5) is 16.1. The number of aliphatic hydroxyl groups excluding tert-OH is 1. The van der Waals surface area contributed by atoms with E-state index in [9.17, 15) is 9.90 Å². The van der Waals surface area contributed by atoms with Gasteiger partial charge in [0.2, 0.25) is 5.89 Å². The van der Waals surface area contributed by atoms with Crippen molar-refractivity contribution in [3.8, 4) is 0 Å². The van der Waals surface area contributed by atoms with E-state index in [0.29, 0.717) is 24.7 Å². The van der Waals surface area contributed by atoms with Crippen molar-refractivity contribution in [1.29, 1.82) is 0 Å². The molecule has 0 aliphatic carbocycles. The van der Waals surface area contributed by atoms with Crippen molar-refractivity contribution in [3.63, 3.8) is 0 Å². The average Bonchev–Trinajstić information content (AvgIpc) is 3.01. The number of carbonyl (C=O) groups is 1. The number of nitrogens with one attached hydrogen (secondary N) is 2. The van der Waals surface area contributed by atoms with Crippen LogP contribution in [0.3, 0.4) is 0 Å². The molecule has 1 heterocycles. The summed E-state index contributed by atoms with van der Waals surface area (Å²) < 4.78 is 5.11. The maximum Gasteiger partial charge on any atom is 0.314 e. The zero-order valence-electron chi connectivity index (χ0n) is 15.2. The Bertz CT molecular complexity index is 692. The molecular weight excluding hydrogens is 320 g/mol. The van der Waals surface area contributed by atoms with E-state index < -0.39 is 6.10 Å². The lowest BCUT2D eigenvalue weighted by Gasteiger charge is -2.14. The molecule has 136 valence electrons. The summed E-state index contributed by atoms with van der Waals surface area (Å²) >= 11 is 0. The second-order valence-corrected chi connectivity index (χ2v) is 6.52. The zero-order valence-corrected chi connectivity index (χ0v) is 15.2. The Morgan fingerprint density at radius 2 is 1.88 bits per heavy atom. The lowest BCUT2D eigenvalue weighted by molar-refractivity contribution is 0.173. The van der Waals surface area contributed by atoms with Crippen LogP contribution < -0.4 is 10.6 Å². The van der Waals surface area contributed by atoms with E-state index in [1.54, 1.807) is 0 Å². The molecule has 1 atom stereocenters. The van der Waals surface area contributed by atoms with Gasteiger partial charge in [-0.15, -0.1) is 0 Å². The molecule has 1 aromatic carbocycles.